The SMILES string of the molecule is O=C(NCc1ncns1)c1c[nH]c2ccccc12. The summed E-state index contributed by atoms with van der Waals surface area (Å²) in [6, 6.07) is 7.71. The lowest BCUT2D eigenvalue weighted by atomic mass is 10.1. The second-order valence-corrected chi connectivity index (χ2v) is 4.63. The number of fused-ring (bicyclic) bond motifs is 1. The minimum Gasteiger partial charge on any atom is -0.360 e. The maximum Gasteiger partial charge on any atom is 0.253 e. The number of aromatic nitrogens is 3. The average Bonchev–Trinajstić information content (AvgIpc) is 3.05. The minimum atomic E-state index is -0.109. The van der Waals surface area contributed by atoms with E-state index in [0.717, 1.165) is 15.9 Å². The average molecular weight is 258 g/mol. The lowest BCUT2D eigenvalue weighted by Crippen LogP contribution is -2.22. The second kappa shape index (κ2) is 4.58. The summed E-state index contributed by atoms with van der Waals surface area (Å²) in [5, 5.41) is 4.55. The van der Waals surface area contributed by atoms with Crippen LogP contribution in [0.2, 0.25) is 0 Å². The first-order valence-electron chi connectivity index (χ1n) is 5.44. The van der Waals surface area contributed by atoms with E-state index in [4.69, 9.17) is 0 Å². The van der Waals surface area contributed by atoms with Gasteiger partial charge in [-0.1, -0.05) is 18.2 Å². The molecule has 0 unspecified atom stereocenters. The molecule has 2 N–H and O–H groups in total. The molecule has 6 heteroatoms. The van der Waals surface area contributed by atoms with E-state index in [0.29, 0.717) is 12.1 Å². The van der Waals surface area contributed by atoms with E-state index >= 15 is 0 Å². The van der Waals surface area contributed by atoms with Crippen LogP contribution in [0.3, 0.4) is 0 Å². The zero-order valence-electron chi connectivity index (χ0n) is 9.38. The zero-order valence-corrected chi connectivity index (χ0v) is 10.2. The lowest BCUT2D eigenvalue weighted by molar-refractivity contribution is 0.0952. The van der Waals surface area contributed by atoms with Crippen molar-refractivity contribution in [3.8, 4) is 0 Å². The van der Waals surface area contributed by atoms with Gasteiger partial charge in [0.1, 0.15) is 11.3 Å². The molecule has 5 nitrogen and oxygen atoms in total. The van der Waals surface area contributed by atoms with Crippen molar-refractivity contribution in [2.75, 3.05) is 0 Å². The third kappa shape index (κ3) is 1.98. The van der Waals surface area contributed by atoms with Crippen LogP contribution >= 0.6 is 11.5 Å². The molecule has 2 heterocycles. The first kappa shape index (κ1) is 10.9. The molecule has 0 spiro atoms. The van der Waals surface area contributed by atoms with E-state index in [-0.39, 0.29) is 5.91 Å². The third-order valence-corrected chi connectivity index (χ3v) is 3.30. The number of carbonyl (C=O) groups excluding carboxylic acids is 1. The highest BCUT2D eigenvalue weighted by Crippen LogP contribution is 2.17. The normalized spacial score (nSPS) is 10.7. The van der Waals surface area contributed by atoms with Crippen molar-refractivity contribution in [3.63, 3.8) is 0 Å². The summed E-state index contributed by atoms with van der Waals surface area (Å²) in [6.45, 7) is 0.406. The Hall–Kier alpha value is -2.21. The number of para-hydroxylation sites is 1. The highest BCUT2D eigenvalue weighted by atomic mass is 32.1. The number of rotatable bonds is 3. The Morgan fingerprint density at radius 2 is 2.28 bits per heavy atom. The predicted octanol–water partition coefficient (Wildman–Crippen LogP) is 1.95. The first-order chi connectivity index (χ1) is 8.84. The fourth-order valence-electron chi connectivity index (χ4n) is 1.78. The molecule has 0 aliphatic rings. The van der Waals surface area contributed by atoms with Gasteiger partial charge < -0.3 is 10.3 Å². The van der Waals surface area contributed by atoms with Gasteiger partial charge in [0, 0.05) is 17.1 Å². The summed E-state index contributed by atoms with van der Waals surface area (Å²) in [4.78, 5) is 19.1. The summed E-state index contributed by atoms with van der Waals surface area (Å²) < 4.78 is 3.89. The number of hydrogen-bond donors (Lipinski definition) is 2. The molecule has 0 aliphatic heterocycles. The van der Waals surface area contributed by atoms with Crippen LogP contribution in [0.25, 0.3) is 10.9 Å². The van der Waals surface area contributed by atoms with Crippen LogP contribution in [-0.4, -0.2) is 20.2 Å². The largest absolute Gasteiger partial charge is 0.360 e. The third-order valence-electron chi connectivity index (χ3n) is 2.64. The summed E-state index contributed by atoms with van der Waals surface area (Å²) >= 11 is 1.28. The van der Waals surface area contributed by atoms with E-state index < -0.39 is 0 Å². The Kier molecular flexibility index (Phi) is 2.77. The smallest absolute Gasteiger partial charge is 0.253 e. The molecule has 18 heavy (non-hydrogen) atoms. The van der Waals surface area contributed by atoms with Crippen LogP contribution in [0.4, 0.5) is 0 Å². The number of hydrogen-bond acceptors (Lipinski definition) is 4. The van der Waals surface area contributed by atoms with Crippen LogP contribution in [0, 0.1) is 0 Å². The van der Waals surface area contributed by atoms with E-state index in [1.54, 1.807) is 6.20 Å². The van der Waals surface area contributed by atoms with Crippen LogP contribution in [-0.2, 0) is 6.54 Å². The summed E-state index contributed by atoms with van der Waals surface area (Å²) in [5.41, 5.74) is 1.61. The van der Waals surface area contributed by atoms with Gasteiger partial charge in [-0.25, -0.2) is 4.98 Å². The van der Waals surface area contributed by atoms with Crippen LogP contribution in [0.1, 0.15) is 15.4 Å². The number of nitrogens with one attached hydrogen (secondary N) is 2. The van der Waals surface area contributed by atoms with Gasteiger partial charge in [-0.2, -0.15) is 4.37 Å². The van der Waals surface area contributed by atoms with Crippen LogP contribution in [0.5, 0.6) is 0 Å². The molecule has 0 aliphatic carbocycles. The fourth-order valence-corrected chi connectivity index (χ4v) is 2.23. The van der Waals surface area contributed by atoms with Crippen LogP contribution < -0.4 is 5.32 Å². The number of H-pyrrole nitrogens is 1. The highest BCUT2D eigenvalue weighted by molar-refractivity contribution is 7.05. The van der Waals surface area contributed by atoms with Gasteiger partial charge in [0.05, 0.1) is 12.1 Å². The molecule has 1 amide bonds. The molecule has 1 aromatic carbocycles. The van der Waals surface area contributed by atoms with Crippen molar-refractivity contribution in [1.82, 2.24) is 19.7 Å². The van der Waals surface area contributed by atoms with Crippen molar-refractivity contribution in [1.29, 1.82) is 0 Å². The quantitative estimate of drug-likeness (QED) is 0.754. The molecular formula is C12H10N4OS. The Balaban J connectivity index is 1.80. The molecule has 2 aromatic heterocycles. The van der Waals surface area contributed by atoms with E-state index in [1.807, 2.05) is 24.3 Å². The van der Waals surface area contributed by atoms with Crippen LogP contribution in [0.15, 0.2) is 36.8 Å². The zero-order chi connectivity index (χ0) is 12.4. The van der Waals surface area contributed by atoms with Crippen molar-refractivity contribution in [2.45, 2.75) is 6.54 Å². The van der Waals surface area contributed by atoms with E-state index in [1.165, 1.54) is 17.9 Å². The van der Waals surface area contributed by atoms with E-state index in [2.05, 4.69) is 19.7 Å². The minimum absolute atomic E-state index is 0.109. The molecule has 3 rings (SSSR count). The molecule has 0 saturated heterocycles. The van der Waals surface area contributed by atoms with Gasteiger partial charge >= 0.3 is 0 Å². The second-order valence-electron chi connectivity index (χ2n) is 3.77. The number of amides is 1. The molecule has 0 radical (unpaired) electrons. The lowest BCUT2D eigenvalue weighted by Gasteiger charge is -2.01. The monoisotopic (exact) mass is 258 g/mol. The van der Waals surface area contributed by atoms with Gasteiger partial charge in [0.2, 0.25) is 0 Å². The Morgan fingerprint density at radius 1 is 1.39 bits per heavy atom. The predicted molar refractivity (Wildman–Crippen MR) is 69.4 cm³/mol. The molecule has 3 aromatic rings. The summed E-state index contributed by atoms with van der Waals surface area (Å²) in [6.07, 6.45) is 3.21. The Morgan fingerprint density at radius 3 is 3.11 bits per heavy atom. The Bertz CT molecular complexity index is 674. The number of benzene rings is 1. The van der Waals surface area contributed by atoms with Crippen molar-refractivity contribution >= 4 is 28.3 Å². The summed E-state index contributed by atoms with van der Waals surface area (Å²) in [7, 11) is 0. The van der Waals surface area contributed by atoms with Gasteiger partial charge in [-0.05, 0) is 17.6 Å². The number of nitrogens with zero attached hydrogens (tertiary/aromatic N) is 2. The molecule has 0 fully saturated rings. The number of aromatic amines is 1. The van der Waals surface area contributed by atoms with Crippen molar-refractivity contribution in [3.05, 3.63) is 47.4 Å². The standard InChI is InChI=1S/C12H10N4OS/c17-12(14-6-11-15-7-16-18-11)9-5-13-10-4-2-1-3-8(9)10/h1-5,7,13H,6H2,(H,14,17). The topological polar surface area (TPSA) is 70.7 Å². The first-order valence-corrected chi connectivity index (χ1v) is 6.22. The maximum absolute atomic E-state index is 12.0. The molecule has 0 atom stereocenters. The fraction of sp³-hybridized carbons (Fsp3) is 0.0833. The summed E-state index contributed by atoms with van der Waals surface area (Å²) in [5.74, 6) is -0.109. The molecular weight excluding hydrogens is 248 g/mol. The highest BCUT2D eigenvalue weighted by Gasteiger charge is 2.11. The van der Waals surface area contributed by atoms with Crippen molar-refractivity contribution in [2.24, 2.45) is 0 Å². The van der Waals surface area contributed by atoms with Gasteiger partial charge in [-0.3, -0.25) is 4.79 Å². The molecule has 0 bridgehead atoms. The maximum atomic E-state index is 12.0. The Labute approximate surface area is 107 Å². The molecule has 90 valence electrons. The van der Waals surface area contributed by atoms with Gasteiger partial charge in [0.25, 0.3) is 5.91 Å². The van der Waals surface area contributed by atoms with Gasteiger partial charge in [0.15, 0.2) is 0 Å². The molecule has 0 saturated carbocycles. The van der Waals surface area contributed by atoms with Gasteiger partial charge in [-0.15, -0.1) is 0 Å². The van der Waals surface area contributed by atoms with E-state index in [9.17, 15) is 4.79 Å². The number of carbonyl (C=O) groups is 1. The van der Waals surface area contributed by atoms with Crippen molar-refractivity contribution < 1.29 is 4.79 Å².